The Kier molecular flexibility index (Phi) is 3.60. The fourth-order valence-corrected chi connectivity index (χ4v) is 2.90. The Morgan fingerprint density at radius 1 is 1.15 bits per heavy atom. The van der Waals surface area contributed by atoms with Crippen molar-refractivity contribution in [1.29, 1.82) is 0 Å². The summed E-state index contributed by atoms with van der Waals surface area (Å²) in [6.45, 7) is 1.68. The minimum Gasteiger partial charge on any atom is -0.378 e. The molecule has 2 aliphatic rings. The van der Waals surface area contributed by atoms with E-state index in [1.807, 2.05) is 0 Å². The first-order valence-electron chi connectivity index (χ1n) is 6.71. The summed E-state index contributed by atoms with van der Waals surface area (Å²) in [5.41, 5.74) is -0.615. The van der Waals surface area contributed by atoms with E-state index in [9.17, 15) is 13.2 Å². The molecule has 2 atom stereocenters. The Bertz CT molecular complexity index is 480. The van der Waals surface area contributed by atoms with Gasteiger partial charge in [0.2, 0.25) is 0 Å². The van der Waals surface area contributed by atoms with E-state index < -0.39 is 17.5 Å². The summed E-state index contributed by atoms with van der Waals surface area (Å²) in [5.74, 6) is -2.74. The van der Waals surface area contributed by atoms with Crippen LogP contribution in [0.1, 0.15) is 19.3 Å². The number of anilines is 1. The van der Waals surface area contributed by atoms with Crippen LogP contribution in [0.4, 0.5) is 18.9 Å². The normalized spacial score (nSPS) is 29.9. The van der Waals surface area contributed by atoms with Crippen LogP contribution in [-0.2, 0) is 9.47 Å². The fourth-order valence-electron chi connectivity index (χ4n) is 2.90. The Morgan fingerprint density at radius 2 is 1.90 bits per heavy atom. The Labute approximate surface area is 115 Å². The highest BCUT2D eigenvalue weighted by Gasteiger charge is 2.41. The van der Waals surface area contributed by atoms with Crippen LogP contribution in [-0.4, -0.2) is 31.5 Å². The molecule has 0 saturated carbocycles. The van der Waals surface area contributed by atoms with Crippen LogP contribution < -0.4 is 5.32 Å². The van der Waals surface area contributed by atoms with Gasteiger partial charge in [-0.05, 0) is 12.8 Å². The van der Waals surface area contributed by atoms with Crippen LogP contribution >= 0.6 is 0 Å². The number of rotatable bonds is 2. The van der Waals surface area contributed by atoms with Gasteiger partial charge in [-0.15, -0.1) is 0 Å². The third-order valence-corrected chi connectivity index (χ3v) is 3.92. The SMILES string of the molecule is Fc1cc(F)c(NC2CCOC3(CCOC3)C2)c(F)c1. The van der Waals surface area contributed by atoms with Gasteiger partial charge in [-0.1, -0.05) is 0 Å². The average molecular weight is 287 g/mol. The van der Waals surface area contributed by atoms with Crippen molar-refractivity contribution >= 4 is 5.69 Å². The molecule has 2 saturated heterocycles. The van der Waals surface area contributed by atoms with Gasteiger partial charge in [0.15, 0.2) is 11.6 Å². The summed E-state index contributed by atoms with van der Waals surface area (Å²) in [7, 11) is 0. The van der Waals surface area contributed by atoms with Crippen molar-refractivity contribution in [3.63, 3.8) is 0 Å². The van der Waals surface area contributed by atoms with E-state index in [2.05, 4.69) is 5.32 Å². The highest BCUT2D eigenvalue weighted by Crippen LogP contribution is 2.34. The second kappa shape index (κ2) is 5.26. The first kappa shape index (κ1) is 13.7. The monoisotopic (exact) mass is 287 g/mol. The minimum absolute atomic E-state index is 0.111. The van der Waals surface area contributed by atoms with E-state index in [-0.39, 0.29) is 17.3 Å². The highest BCUT2D eigenvalue weighted by atomic mass is 19.1. The number of ether oxygens (including phenoxy) is 2. The molecule has 1 spiro atoms. The van der Waals surface area contributed by atoms with Crippen LogP contribution in [0.15, 0.2) is 12.1 Å². The lowest BCUT2D eigenvalue weighted by atomic mass is 9.89. The number of nitrogens with one attached hydrogen (secondary N) is 1. The van der Waals surface area contributed by atoms with Gasteiger partial charge in [0, 0.05) is 37.8 Å². The lowest BCUT2D eigenvalue weighted by molar-refractivity contribution is -0.0829. The van der Waals surface area contributed by atoms with Crippen molar-refractivity contribution in [1.82, 2.24) is 0 Å². The molecular weight excluding hydrogens is 271 g/mol. The van der Waals surface area contributed by atoms with E-state index in [4.69, 9.17) is 9.47 Å². The highest BCUT2D eigenvalue weighted by molar-refractivity contribution is 5.47. The molecule has 0 radical (unpaired) electrons. The molecule has 2 fully saturated rings. The summed E-state index contributed by atoms with van der Waals surface area (Å²) in [6, 6.07) is 1.25. The molecule has 2 heterocycles. The van der Waals surface area contributed by atoms with Gasteiger partial charge in [0.05, 0.1) is 12.2 Å². The van der Waals surface area contributed by atoms with E-state index in [0.717, 1.165) is 6.42 Å². The second-order valence-electron chi connectivity index (χ2n) is 5.41. The van der Waals surface area contributed by atoms with Crippen LogP contribution in [0.3, 0.4) is 0 Å². The molecule has 20 heavy (non-hydrogen) atoms. The molecule has 3 nitrogen and oxygen atoms in total. The van der Waals surface area contributed by atoms with Crippen molar-refractivity contribution < 1.29 is 22.6 Å². The molecule has 0 aromatic heterocycles. The number of benzene rings is 1. The molecule has 0 bridgehead atoms. The van der Waals surface area contributed by atoms with Crippen LogP contribution in [0, 0.1) is 17.5 Å². The molecule has 2 aliphatic heterocycles. The van der Waals surface area contributed by atoms with Gasteiger partial charge >= 0.3 is 0 Å². The summed E-state index contributed by atoms with van der Waals surface area (Å²) >= 11 is 0. The fraction of sp³-hybridized carbons (Fsp3) is 0.571. The second-order valence-corrected chi connectivity index (χ2v) is 5.41. The summed E-state index contributed by atoms with van der Waals surface area (Å²) < 4.78 is 51.3. The lowest BCUT2D eigenvalue weighted by Gasteiger charge is -2.37. The largest absolute Gasteiger partial charge is 0.378 e. The summed E-state index contributed by atoms with van der Waals surface area (Å²) in [5, 5.41) is 2.84. The van der Waals surface area contributed by atoms with Gasteiger partial charge in [-0.3, -0.25) is 0 Å². The van der Waals surface area contributed by atoms with Crippen molar-refractivity contribution in [2.75, 3.05) is 25.1 Å². The number of hydrogen-bond acceptors (Lipinski definition) is 3. The third kappa shape index (κ3) is 2.62. The van der Waals surface area contributed by atoms with Gasteiger partial charge in [-0.2, -0.15) is 0 Å². The molecular formula is C14H16F3NO2. The molecule has 1 aromatic rings. The Hall–Kier alpha value is -1.27. The molecule has 1 N–H and O–H groups in total. The minimum atomic E-state index is -0.918. The van der Waals surface area contributed by atoms with Crippen molar-refractivity contribution in [3.8, 4) is 0 Å². The summed E-state index contributed by atoms with van der Waals surface area (Å²) in [4.78, 5) is 0. The topological polar surface area (TPSA) is 30.5 Å². The number of halogens is 3. The quantitative estimate of drug-likeness (QED) is 0.907. The molecule has 3 rings (SSSR count). The maximum absolute atomic E-state index is 13.6. The predicted molar refractivity (Wildman–Crippen MR) is 67.1 cm³/mol. The van der Waals surface area contributed by atoms with E-state index in [1.54, 1.807) is 0 Å². The van der Waals surface area contributed by atoms with Crippen molar-refractivity contribution in [2.45, 2.75) is 30.9 Å². The average Bonchev–Trinajstić information content (AvgIpc) is 2.82. The standard InChI is InChI=1S/C14H16F3NO2/c15-9-5-11(16)13(12(17)6-9)18-10-1-3-20-14(7-10)2-4-19-8-14/h5-6,10,18H,1-4,7-8H2. The molecule has 2 unspecified atom stereocenters. The molecule has 0 aliphatic carbocycles. The Morgan fingerprint density at radius 3 is 2.55 bits per heavy atom. The van der Waals surface area contributed by atoms with E-state index >= 15 is 0 Å². The maximum Gasteiger partial charge on any atom is 0.152 e. The van der Waals surface area contributed by atoms with Gasteiger partial charge < -0.3 is 14.8 Å². The Balaban J connectivity index is 1.74. The number of hydrogen-bond donors (Lipinski definition) is 1. The lowest BCUT2D eigenvalue weighted by Crippen LogP contribution is -2.45. The first-order valence-corrected chi connectivity index (χ1v) is 6.71. The van der Waals surface area contributed by atoms with E-state index in [1.165, 1.54) is 0 Å². The van der Waals surface area contributed by atoms with Crippen LogP contribution in [0.5, 0.6) is 0 Å². The maximum atomic E-state index is 13.6. The first-order chi connectivity index (χ1) is 9.58. The van der Waals surface area contributed by atoms with Gasteiger partial charge in [0.1, 0.15) is 11.5 Å². The molecule has 0 amide bonds. The molecule has 110 valence electrons. The van der Waals surface area contributed by atoms with Gasteiger partial charge in [0.25, 0.3) is 0 Å². The zero-order valence-corrected chi connectivity index (χ0v) is 10.9. The van der Waals surface area contributed by atoms with Crippen LogP contribution in [0.2, 0.25) is 0 Å². The van der Waals surface area contributed by atoms with Crippen molar-refractivity contribution in [3.05, 3.63) is 29.6 Å². The predicted octanol–water partition coefficient (Wildman–Crippen LogP) is 2.85. The smallest absolute Gasteiger partial charge is 0.152 e. The third-order valence-electron chi connectivity index (χ3n) is 3.92. The van der Waals surface area contributed by atoms with Crippen molar-refractivity contribution in [2.24, 2.45) is 0 Å². The van der Waals surface area contributed by atoms with Gasteiger partial charge in [-0.25, -0.2) is 13.2 Å². The summed E-state index contributed by atoms with van der Waals surface area (Å²) in [6.07, 6.45) is 2.07. The zero-order chi connectivity index (χ0) is 14.2. The van der Waals surface area contributed by atoms with Crippen LogP contribution in [0.25, 0.3) is 0 Å². The molecule has 6 heteroatoms. The molecule has 1 aromatic carbocycles. The zero-order valence-electron chi connectivity index (χ0n) is 10.9. The van der Waals surface area contributed by atoms with E-state index in [0.29, 0.717) is 44.8 Å².